The van der Waals surface area contributed by atoms with Crippen LogP contribution in [-0.2, 0) is 11.0 Å². The summed E-state index contributed by atoms with van der Waals surface area (Å²) in [6, 6.07) is 11.7. The maximum Gasteiger partial charge on any atom is 0.416 e. The number of unbranched alkanes of at least 4 members (excludes halogenated alkanes) is 1. The van der Waals surface area contributed by atoms with E-state index in [0.717, 1.165) is 30.7 Å². The second-order valence-corrected chi connectivity index (χ2v) is 8.74. The normalized spacial score (nSPS) is 15.2. The van der Waals surface area contributed by atoms with Crippen molar-refractivity contribution in [2.75, 3.05) is 10.7 Å². The molecule has 1 atom stereocenters. The number of aromatic nitrogens is 3. The van der Waals surface area contributed by atoms with Crippen molar-refractivity contribution < 1.29 is 22.7 Å². The van der Waals surface area contributed by atoms with Gasteiger partial charge >= 0.3 is 6.18 Å². The zero-order chi connectivity index (χ0) is 24.3. The summed E-state index contributed by atoms with van der Waals surface area (Å²) in [6.07, 6.45) is -3.31. The van der Waals surface area contributed by atoms with Gasteiger partial charge in [0.2, 0.25) is 23.2 Å². The van der Waals surface area contributed by atoms with E-state index in [9.17, 15) is 18.0 Å². The summed E-state index contributed by atoms with van der Waals surface area (Å²) in [4.78, 5) is 19.1. The Hall–Kier alpha value is -3.14. The van der Waals surface area contributed by atoms with Crippen LogP contribution in [0.3, 0.4) is 0 Å². The van der Waals surface area contributed by atoms with Gasteiger partial charge in [-0.25, -0.2) is 0 Å². The summed E-state index contributed by atoms with van der Waals surface area (Å²) >= 11 is 1.45. The van der Waals surface area contributed by atoms with E-state index in [1.807, 2.05) is 0 Å². The molecule has 2 heterocycles. The lowest BCUT2D eigenvalue weighted by molar-refractivity contribution is -0.137. The summed E-state index contributed by atoms with van der Waals surface area (Å²) in [7, 11) is 0. The van der Waals surface area contributed by atoms with Crippen LogP contribution in [0.1, 0.15) is 50.5 Å². The molecule has 0 spiro atoms. The fourth-order valence-electron chi connectivity index (χ4n) is 3.58. The Morgan fingerprint density at radius 1 is 1.09 bits per heavy atom. The number of fused-ring (bicyclic) bond motifs is 3. The first-order valence-corrected chi connectivity index (χ1v) is 11.9. The summed E-state index contributed by atoms with van der Waals surface area (Å²) in [6.45, 7) is 3.80. The predicted molar refractivity (Wildman–Crippen MR) is 123 cm³/mol. The first-order valence-electron chi connectivity index (χ1n) is 11.0. The number of rotatable bonds is 6. The number of carbonyl (C=O) groups is 1. The number of anilines is 1. The first kappa shape index (κ1) is 24.0. The minimum Gasteiger partial charge on any atom is -0.447 e. The van der Waals surface area contributed by atoms with Crippen LogP contribution in [0, 0.1) is 0 Å². The van der Waals surface area contributed by atoms with Gasteiger partial charge in [-0.3, -0.25) is 9.69 Å². The molecule has 0 fully saturated rings. The molecule has 0 saturated carbocycles. The molecule has 0 bridgehead atoms. The summed E-state index contributed by atoms with van der Waals surface area (Å²) in [5, 5.41) is 9.01. The zero-order valence-corrected chi connectivity index (χ0v) is 19.5. The quantitative estimate of drug-likeness (QED) is 0.300. The molecule has 3 aromatic rings. The Balaban J connectivity index is 1.84. The number of thioether (sulfide) groups is 1. The van der Waals surface area contributed by atoms with Crippen molar-refractivity contribution in [2.45, 2.75) is 50.7 Å². The largest absolute Gasteiger partial charge is 0.447 e. The fourth-order valence-corrected chi connectivity index (χ4v) is 4.44. The number of nitrogens with zero attached hydrogens (tertiary/aromatic N) is 4. The Morgan fingerprint density at radius 3 is 2.50 bits per heavy atom. The molecule has 6 nitrogen and oxygen atoms in total. The molecule has 2 aromatic carbocycles. The molecule has 0 radical (unpaired) electrons. The number of carbonyl (C=O) groups excluding carboxylic acids is 1. The average molecular weight is 489 g/mol. The van der Waals surface area contributed by atoms with E-state index < -0.39 is 18.0 Å². The van der Waals surface area contributed by atoms with Gasteiger partial charge < -0.3 is 4.74 Å². The lowest BCUT2D eigenvalue weighted by atomic mass is 10.1. The third-order valence-corrected chi connectivity index (χ3v) is 6.26. The van der Waals surface area contributed by atoms with E-state index in [-0.39, 0.29) is 18.2 Å². The highest BCUT2D eigenvalue weighted by molar-refractivity contribution is 7.99. The molecule has 34 heavy (non-hydrogen) atoms. The number of alkyl halides is 3. The van der Waals surface area contributed by atoms with E-state index in [4.69, 9.17) is 4.74 Å². The standard InChI is InChI=1S/C24H23F3N4O2S/c1-3-5-14-34-23-28-21-20(29-30-23)17-8-6-7-9-18(17)31(19(32)4-2)22(33-21)15-10-12-16(13-11-15)24(25,26)27/h6-13,22H,3-5,14H2,1-2H3/t22-/m0/s1. The van der Waals surface area contributed by atoms with E-state index in [2.05, 4.69) is 22.1 Å². The molecule has 1 aromatic heterocycles. The predicted octanol–water partition coefficient (Wildman–Crippen LogP) is 6.28. The van der Waals surface area contributed by atoms with E-state index in [0.29, 0.717) is 27.7 Å². The van der Waals surface area contributed by atoms with Crippen LogP contribution in [0.15, 0.2) is 53.7 Å². The number of hydrogen-bond acceptors (Lipinski definition) is 6. The van der Waals surface area contributed by atoms with Crippen LogP contribution >= 0.6 is 11.8 Å². The summed E-state index contributed by atoms with van der Waals surface area (Å²) in [5.41, 5.74) is 1.12. The van der Waals surface area contributed by atoms with Gasteiger partial charge in [0.15, 0.2) is 5.69 Å². The molecular formula is C24H23F3N4O2S. The monoisotopic (exact) mass is 488 g/mol. The van der Waals surface area contributed by atoms with E-state index in [1.54, 1.807) is 31.2 Å². The molecule has 0 saturated heterocycles. The molecule has 178 valence electrons. The second-order valence-electron chi connectivity index (χ2n) is 7.67. The highest BCUT2D eigenvalue weighted by atomic mass is 32.2. The van der Waals surface area contributed by atoms with Gasteiger partial charge in [0.05, 0.1) is 11.3 Å². The summed E-state index contributed by atoms with van der Waals surface area (Å²) in [5.74, 6) is 0.740. The van der Waals surface area contributed by atoms with Crippen LogP contribution in [0.4, 0.5) is 18.9 Å². The zero-order valence-electron chi connectivity index (χ0n) is 18.7. The SMILES string of the molecule is CCCCSc1nnc2c(n1)O[C@@H](c1ccc(C(F)(F)F)cc1)N(C(=O)CC)c1ccccc1-2. The van der Waals surface area contributed by atoms with Gasteiger partial charge in [-0.1, -0.05) is 62.4 Å². The van der Waals surface area contributed by atoms with Gasteiger partial charge in [0.25, 0.3) is 0 Å². The smallest absolute Gasteiger partial charge is 0.416 e. The maximum absolute atomic E-state index is 13.1. The van der Waals surface area contributed by atoms with Crippen LogP contribution in [0.2, 0.25) is 0 Å². The minimum absolute atomic E-state index is 0.169. The van der Waals surface area contributed by atoms with Gasteiger partial charge in [0.1, 0.15) is 0 Å². The molecule has 4 rings (SSSR count). The lowest BCUT2D eigenvalue weighted by Gasteiger charge is -2.30. The van der Waals surface area contributed by atoms with Crippen molar-refractivity contribution in [3.63, 3.8) is 0 Å². The number of hydrogen-bond donors (Lipinski definition) is 0. The average Bonchev–Trinajstić information content (AvgIpc) is 2.98. The second kappa shape index (κ2) is 10.0. The highest BCUT2D eigenvalue weighted by Gasteiger charge is 2.36. The topological polar surface area (TPSA) is 68.2 Å². The maximum atomic E-state index is 13.1. The Morgan fingerprint density at radius 2 is 1.82 bits per heavy atom. The Bertz CT molecular complexity index is 1170. The Labute approximate surface area is 199 Å². The molecular weight excluding hydrogens is 465 g/mol. The summed E-state index contributed by atoms with van der Waals surface area (Å²) < 4.78 is 45.6. The van der Waals surface area contributed by atoms with Crippen LogP contribution < -0.4 is 9.64 Å². The number of ether oxygens (including phenoxy) is 1. The molecule has 0 N–H and O–H groups in total. The van der Waals surface area contributed by atoms with Crippen molar-refractivity contribution in [3.8, 4) is 17.1 Å². The number of para-hydroxylation sites is 1. The molecule has 1 amide bonds. The van der Waals surface area contributed by atoms with Crippen molar-refractivity contribution in [3.05, 3.63) is 59.7 Å². The van der Waals surface area contributed by atoms with Gasteiger partial charge in [0, 0.05) is 23.3 Å². The van der Waals surface area contributed by atoms with Crippen LogP contribution in [0.25, 0.3) is 11.3 Å². The Kier molecular flexibility index (Phi) is 7.06. The lowest BCUT2D eigenvalue weighted by Crippen LogP contribution is -2.37. The molecule has 10 heteroatoms. The van der Waals surface area contributed by atoms with Gasteiger partial charge in [-0.05, 0) is 24.6 Å². The minimum atomic E-state index is -4.47. The first-order chi connectivity index (χ1) is 16.3. The van der Waals surface area contributed by atoms with E-state index >= 15 is 0 Å². The van der Waals surface area contributed by atoms with E-state index in [1.165, 1.54) is 28.8 Å². The number of halogens is 3. The van der Waals surface area contributed by atoms with Gasteiger partial charge in [-0.15, -0.1) is 10.2 Å². The third-order valence-electron chi connectivity index (χ3n) is 5.34. The molecule has 1 aliphatic rings. The van der Waals surface area contributed by atoms with Crippen molar-refractivity contribution in [1.82, 2.24) is 15.2 Å². The van der Waals surface area contributed by atoms with Crippen LogP contribution in [0.5, 0.6) is 5.88 Å². The van der Waals surface area contributed by atoms with Crippen molar-refractivity contribution in [2.24, 2.45) is 0 Å². The van der Waals surface area contributed by atoms with Crippen LogP contribution in [-0.4, -0.2) is 26.8 Å². The van der Waals surface area contributed by atoms with Gasteiger partial charge in [-0.2, -0.15) is 18.2 Å². The number of amides is 1. The third kappa shape index (κ3) is 4.86. The highest BCUT2D eigenvalue weighted by Crippen LogP contribution is 2.44. The number of benzene rings is 2. The molecule has 0 aliphatic carbocycles. The fraction of sp³-hybridized carbons (Fsp3) is 0.333. The molecule has 1 aliphatic heterocycles. The van der Waals surface area contributed by atoms with Crippen molar-refractivity contribution in [1.29, 1.82) is 0 Å². The van der Waals surface area contributed by atoms with Crippen molar-refractivity contribution >= 4 is 23.4 Å². The molecule has 0 unspecified atom stereocenters.